The SMILES string of the molecule is Cc1cc(C2=NOC(c3cc(Cl)cc(Cl)c3)(C(F)(F)F)C2)ccc1NS(=O)(=O)CCC(F)(F)F. The van der Waals surface area contributed by atoms with Crippen LogP contribution in [0.1, 0.15) is 29.5 Å². The third kappa shape index (κ3) is 5.89. The van der Waals surface area contributed by atoms with Gasteiger partial charge in [0.2, 0.25) is 10.0 Å². The Morgan fingerprint density at radius 1 is 1.06 bits per heavy atom. The predicted molar refractivity (Wildman–Crippen MR) is 116 cm³/mol. The van der Waals surface area contributed by atoms with Gasteiger partial charge in [-0.15, -0.1) is 0 Å². The van der Waals surface area contributed by atoms with Crippen molar-refractivity contribution in [3.63, 3.8) is 0 Å². The normalized spacial score (nSPS) is 19.0. The molecule has 0 saturated carbocycles. The van der Waals surface area contributed by atoms with Gasteiger partial charge in [-0.05, 0) is 48.4 Å². The van der Waals surface area contributed by atoms with Gasteiger partial charge in [-0.2, -0.15) is 26.3 Å². The number of anilines is 1. The molecule has 1 heterocycles. The van der Waals surface area contributed by atoms with Crippen LogP contribution in [0.3, 0.4) is 0 Å². The molecular weight excluding hydrogens is 533 g/mol. The number of alkyl halides is 6. The maximum absolute atomic E-state index is 14.1. The minimum atomic E-state index is -4.89. The molecule has 14 heteroatoms. The van der Waals surface area contributed by atoms with Gasteiger partial charge >= 0.3 is 12.4 Å². The van der Waals surface area contributed by atoms with Gasteiger partial charge in [-0.25, -0.2) is 8.42 Å². The first-order valence-electron chi connectivity index (χ1n) is 9.48. The zero-order valence-corrected chi connectivity index (χ0v) is 19.5. The number of sulfonamides is 1. The molecule has 34 heavy (non-hydrogen) atoms. The zero-order chi connectivity index (χ0) is 25.5. The van der Waals surface area contributed by atoms with Crippen LogP contribution in [0, 0.1) is 6.92 Å². The number of aryl methyl sites for hydroxylation is 1. The van der Waals surface area contributed by atoms with Gasteiger partial charge < -0.3 is 4.84 Å². The van der Waals surface area contributed by atoms with Crippen molar-refractivity contribution in [1.29, 1.82) is 0 Å². The molecule has 0 fully saturated rings. The monoisotopic (exact) mass is 548 g/mol. The Balaban J connectivity index is 1.85. The summed E-state index contributed by atoms with van der Waals surface area (Å²) >= 11 is 11.7. The summed E-state index contributed by atoms with van der Waals surface area (Å²) in [5, 5.41) is 3.56. The van der Waals surface area contributed by atoms with Crippen molar-refractivity contribution in [3.05, 3.63) is 63.1 Å². The molecule has 0 aliphatic carbocycles. The molecule has 1 aliphatic rings. The Morgan fingerprint density at radius 3 is 2.21 bits per heavy atom. The Kier molecular flexibility index (Phi) is 7.09. The quantitative estimate of drug-likeness (QED) is 0.414. The third-order valence-corrected chi connectivity index (χ3v) is 6.70. The van der Waals surface area contributed by atoms with Crippen LogP contribution in [0.4, 0.5) is 32.0 Å². The van der Waals surface area contributed by atoms with Crippen LogP contribution in [-0.2, 0) is 20.5 Å². The fraction of sp³-hybridized carbons (Fsp3) is 0.350. The zero-order valence-electron chi connectivity index (χ0n) is 17.2. The molecule has 2 aromatic carbocycles. The number of hydrogen-bond donors (Lipinski definition) is 1. The van der Waals surface area contributed by atoms with Crippen LogP contribution in [0.25, 0.3) is 0 Å². The molecule has 1 atom stereocenters. The molecule has 0 radical (unpaired) electrons. The minimum Gasteiger partial charge on any atom is -0.374 e. The van der Waals surface area contributed by atoms with Crippen LogP contribution >= 0.6 is 23.2 Å². The first-order chi connectivity index (χ1) is 15.5. The van der Waals surface area contributed by atoms with E-state index in [4.69, 9.17) is 28.0 Å². The second-order valence-electron chi connectivity index (χ2n) is 7.60. The van der Waals surface area contributed by atoms with Crippen LogP contribution in [0.15, 0.2) is 41.6 Å². The van der Waals surface area contributed by atoms with Gasteiger partial charge in [-0.1, -0.05) is 34.4 Å². The summed E-state index contributed by atoms with van der Waals surface area (Å²) in [7, 11) is -4.30. The molecular formula is C20H16Cl2F6N2O3S. The van der Waals surface area contributed by atoms with E-state index in [1.807, 2.05) is 4.72 Å². The molecule has 3 rings (SSSR count). The first kappa shape index (κ1) is 26.4. The number of oxime groups is 1. The Labute approximate surface area is 200 Å². The van der Waals surface area contributed by atoms with Crippen LogP contribution < -0.4 is 4.72 Å². The number of benzene rings is 2. The third-order valence-electron chi connectivity index (χ3n) is 4.99. The highest BCUT2D eigenvalue weighted by Gasteiger charge is 2.62. The molecule has 5 nitrogen and oxygen atoms in total. The number of hydrogen-bond acceptors (Lipinski definition) is 4. The van der Waals surface area contributed by atoms with Crippen molar-refractivity contribution in [2.24, 2.45) is 5.16 Å². The lowest BCUT2D eigenvalue weighted by Crippen LogP contribution is -2.42. The fourth-order valence-corrected chi connectivity index (χ4v) is 4.96. The molecule has 0 aromatic heterocycles. The van der Waals surface area contributed by atoms with E-state index in [0.717, 1.165) is 12.1 Å². The van der Waals surface area contributed by atoms with E-state index < -0.39 is 46.6 Å². The molecule has 0 amide bonds. The standard InChI is InChI=1S/C20H16Cl2F6N2O3S/c1-11-6-12(2-3-16(11)30-34(31,32)5-4-19(23,24)25)17-10-18(33-29-17,20(26,27)28)13-7-14(21)9-15(22)8-13/h2-3,6-9,30H,4-5,10H2,1H3. The molecule has 1 aliphatic heterocycles. The largest absolute Gasteiger partial charge is 0.435 e. The molecule has 2 aromatic rings. The van der Waals surface area contributed by atoms with E-state index in [1.54, 1.807) is 0 Å². The molecule has 0 bridgehead atoms. The average molecular weight is 549 g/mol. The Hall–Kier alpha value is -2.18. The van der Waals surface area contributed by atoms with E-state index in [2.05, 4.69) is 5.16 Å². The highest BCUT2D eigenvalue weighted by atomic mass is 35.5. The molecule has 1 unspecified atom stereocenters. The maximum atomic E-state index is 14.1. The number of rotatable bonds is 6. The minimum absolute atomic E-state index is 0.0193. The summed E-state index contributed by atoms with van der Waals surface area (Å²) in [5.41, 5.74) is -2.83. The lowest BCUT2D eigenvalue weighted by Gasteiger charge is -2.29. The lowest BCUT2D eigenvalue weighted by molar-refractivity contribution is -0.275. The summed E-state index contributed by atoms with van der Waals surface area (Å²) in [6, 6.07) is 7.27. The van der Waals surface area contributed by atoms with Crippen molar-refractivity contribution >= 4 is 44.6 Å². The number of halogens is 8. The van der Waals surface area contributed by atoms with Crippen molar-refractivity contribution in [1.82, 2.24) is 0 Å². The lowest BCUT2D eigenvalue weighted by atomic mass is 9.86. The van der Waals surface area contributed by atoms with E-state index in [-0.39, 0.29) is 38.1 Å². The van der Waals surface area contributed by atoms with E-state index in [9.17, 15) is 34.8 Å². The van der Waals surface area contributed by atoms with E-state index >= 15 is 0 Å². The van der Waals surface area contributed by atoms with Gasteiger partial charge in [0.15, 0.2) is 0 Å². The topological polar surface area (TPSA) is 67.8 Å². The van der Waals surface area contributed by atoms with Gasteiger partial charge in [0.25, 0.3) is 5.60 Å². The van der Waals surface area contributed by atoms with Gasteiger partial charge in [0.1, 0.15) is 0 Å². The highest BCUT2D eigenvalue weighted by molar-refractivity contribution is 7.92. The molecule has 0 saturated heterocycles. The van der Waals surface area contributed by atoms with Crippen LogP contribution in [0.5, 0.6) is 0 Å². The Morgan fingerprint density at radius 2 is 1.68 bits per heavy atom. The summed E-state index contributed by atoms with van der Waals surface area (Å²) in [5.74, 6) is -1.17. The van der Waals surface area contributed by atoms with Crippen molar-refractivity contribution in [3.8, 4) is 0 Å². The second-order valence-corrected chi connectivity index (χ2v) is 10.3. The van der Waals surface area contributed by atoms with Crippen LogP contribution in [0.2, 0.25) is 10.0 Å². The molecule has 1 N–H and O–H groups in total. The van der Waals surface area contributed by atoms with Crippen molar-refractivity contribution in [2.75, 3.05) is 10.5 Å². The van der Waals surface area contributed by atoms with Gasteiger partial charge in [-0.3, -0.25) is 4.72 Å². The van der Waals surface area contributed by atoms with Gasteiger partial charge in [0, 0.05) is 22.0 Å². The van der Waals surface area contributed by atoms with Crippen LogP contribution in [-0.4, -0.2) is 32.2 Å². The smallest absolute Gasteiger partial charge is 0.374 e. The summed E-state index contributed by atoms with van der Waals surface area (Å²) in [4.78, 5) is 4.91. The predicted octanol–water partition coefficient (Wildman–Crippen LogP) is 6.58. The van der Waals surface area contributed by atoms with E-state index in [1.165, 1.54) is 31.2 Å². The first-order valence-corrected chi connectivity index (χ1v) is 11.9. The number of nitrogens with one attached hydrogen (secondary N) is 1. The summed E-state index contributed by atoms with van der Waals surface area (Å²) in [6.07, 6.45) is -11.8. The summed E-state index contributed by atoms with van der Waals surface area (Å²) < 4.78 is 105. The number of nitrogens with zero attached hydrogens (tertiary/aromatic N) is 1. The highest BCUT2D eigenvalue weighted by Crippen LogP contribution is 2.49. The van der Waals surface area contributed by atoms with E-state index in [0.29, 0.717) is 0 Å². The van der Waals surface area contributed by atoms with Crippen molar-refractivity contribution < 1.29 is 39.6 Å². The average Bonchev–Trinajstić information content (AvgIpc) is 3.14. The maximum Gasteiger partial charge on any atom is 0.435 e. The van der Waals surface area contributed by atoms with Gasteiger partial charge in [0.05, 0.1) is 23.6 Å². The summed E-state index contributed by atoms with van der Waals surface area (Å²) in [6.45, 7) is 1.44. The molecule has 0 spiro atoms. The van der Waals surface area contributed by atoms with Crippen molar-refractivity contribution in [2.45, 2.75) is 37.7 Å². The Bertz CT molecular complexity index is 1210. The fourth-order valence-electron chi connectivity index (χ4n) is 3.27. The second kappa shape index (κ2) is 9.12. The molecule has 186 valence electrons.